The van der Waals surface area contributed by atoms with Crippen molar-refractivity contribution < 1.29 is 4.79 Å². The fourth-order valence-corrected chi connectivity index (χ4v) is 1.13. The summed E-state index contributed by atoms with van der Waals surface area (Å²) in [6.07, 6.45) is 0. The molecule has 0 aromatic heterocycles. The van der Waals surface area contributed by atoms with Crippen LogP contribution in [0.5, 0.6) is 0 Å². The van der Waals surface area contributed by atoms with Gasteiger partial charge >= 0.3 is 6.03 Å². The van der Waals surface area contributed by atoms with Crippen LogP contribution in [0.25, 0.3) is 0 Å². The van der Waals surface area contributed by atoms with E-state index < -0.39 is 0 Å². The first-order valence-corrected chi connectivity index (χ1v) is 4.58. The second-order valence-electron chi connectivity index (χ2n) is 3.45. The van der Waals surface area contributed by atoms with E-state index in [4.69, 9.17) is 5.73 Å². The highest BCUT2D eigenvalue weighted by molar-refractivity contribution is 5.93. The average Bonchev–Trinajstić information content (AvgIpc) is 2.10. The standard InChI is InChI=1S/C11H15N3O/c1-7(2)13-11(15)14-10-6-8(3)4-5-9(10)12/h4-6H,1,12H2,2-3H3,(H2,13,14,15). The first-order valence-electron chi connectivity index (χ1n) is 4.58. The number of urea groups is 1. The summed E-state index contributed by atoms with van der Waals surface area (Å²) in [6.45, 7) is 7.21. The second kappa shape index (κ2) is 4.50. The summed E-state index contributed by atoms with van der Waals surface area (Å²) in [4.78, 5) is 11.3. The molecule has 4 nitrogen and oxygen atoms in total. The van der Waals surface area contributed by atoms with E-state index in [1.165, 1.54) is 0 Å². The molecule has 0 aliphatic rings. The molecular weight excluding hydrogens is 190 g/mol. The van der Waals surface area contributed by atoms with Gasteiger partial charge in [0.25, 0.3) is 0 Å². The molecule has 1 rings (SSSR count). The van der Waals surface area contributed by atoms with Crippen LogP contribution in [0.2, 0.25) is 0 Å². The minimum Gasteiger partial charge on any atom is -0.397 e. The van der Waals surface area contributed by atoms with Gasteiger partial charge in [-0.25, -0.2) is 4.79 Å². The number of carbonyl (C=O) groups excluding carboxylic acids is 1. The van der Waals surface area contributed by atoms with Gasteiger partial charge < -0.3 is 16.4 Å². The third-order valence-electron chi connectivity index (χ3n) is 1.78. The van der Waals surface area contributed by atoms with Crippen molar-refractivity contribution in [2.75, 3.05) is 11.1 Å². The molecular formula is C11H15N3O. The molecule has 80 valence electrons. The van der Waals surface area contributed by atoms with Gasteiger partial charge in [0.15, 0.2) is 0 Å². The van der Waals surface area contributed by atoms with E-state index in [0.717, 1.165) is 5.56 Å². The number of hydrogen-bond acceptors (Lipinski definition) is 2. The van der Waals surface area contributed by atoms with E-state index in [1.54, 1.807) is 13.0 Å². The number of nitrogens with one attached hydrogen (secondary N) is 2. The maximum atomic E-state index is 11.3. The molecule has 15 heavy (non-hydrogen) atoms. The SMILES string of the molecule is C=C(C)NC(=O)Nc1cc(C)ccc1N. The molecule has 4 N–H and O–H groups in total. The van der Waals surface area contributed by atoms with Gasteiger partial charge in [0, 0.05) is 5.70 Å². The first kappa shape index (κ1) is 11.1. The van der Waals surface area contributed by atoms with E-state index >= 15 is 0 Å². The largest absolute Gasteiger partial charge is 0.397 e. The van der Waals surface area contributed by atoms with Crippen LogP contribution >= 0.6 is 0 Å². The zero-order valence-corrected chi connectivity index (χ0v) is 8.92. The smallest absolute Gasteiger partial charge is 0.323 e. The molecule has 0 radical (unpaired) electrons. The highest BCUT2D eigenvalue weighted by Gasteiger charge is 2.04. The molecule has 0 aliphatic carbocycles. The fraction of sp³-hybridized carbons (Fsp3) is 0.182. The maximum Gasteiger partial charge on any atom is 0.323 e. The Labute approximate surface area is 89.2 Å². The summed E-state index contributed by atoms with van der Waals surface area (Å²) in [5.74, 6) is 0. The monoisotopic (exact) mass is 205 g/mol. The lowest BCUT2D eigenvalue weighted by Crippen LogP contribution is -2.27. The van der Waals surface area contributed by atoms with Gasteiger partial charge in [-0.15, -0.1) is 0 Å². The Hall–Kier alpha value is -1.97. The highest BCUT2D eigenvalue weighted by atomic mass is 16.2. The number of carbonyl (C=O) groups is 1. The number of nitrogen functional groups attached to an aromatic ring is 1. The van der Waals surface area contributed by atoms with Crippen LogP contribution in [0.15, 0.2) is 30.5 Å². The summed E-state index contributed by atoms with van der Waals surface area (Å²) in [5.41, 5.74) is 8.47. The topological polar surface area (TPSA) is 67.2 Å². The Balaban J connectivity index is 2.76. The fourth-order valence-electron chi connectivity index (χ4n) is 1.13. The maximum absolute atomic E-state index is 11.3. The van der Waals surface area contributed by atoms with Gasteiger partial charge in [-0.2, -0.15) is 0 Å². The van der Waals surface area contributed by atoms with Gasteiger partial charge in [-0.1, -0.05) is 12.6 Å². The molecule has 0 aliphatic heterocycles. The van der Waals surface area contributed by atoms with Crippen LogP contribution in [0.4, 0.5) is 16.2 Å². The number of rotatable bonds is 2. The summed E-state index contributed by atoms with van der Waals surface area (Å²) in [5, 5.41) is 5.18. The molecule has 4 heteroatoms. The zero-order valence-electron chi connectivity index (χ0n) is 8.92. The Bertz CT molecular complexity index is 399. The Morgan fingerprint density at radius 1 is 1.47 bits per heavy atom. The highest BCUT2D eigenvalue weighted by Crippen LogP contribution is 2.19. The zero-order chi connectivity index (χ0) is 11.4. The molecule has 0 saturated heterocycles. The number of amides is 2. The van der Waals surface area contributed by atoms with Crippen LogP contribution in [0.1, 0.15) is 12.5 Å². The van der Waals surface area contributed by atoms with Gasteiger partial charge in [0.2, 0.25) is 0 Å². The lowest BCUT2D eigenvalue weighted by atomic mass is 10.2. The normalized spacial score (nSPS) is 9.47. The van der Waals surface area contributed by atoms with Crippen LogP contribution < -0.4 is 16.4 Å². The molecule has 1 aromatic rings. The molecule has 0 atom stereocenters. The lowest BCUT2D eigenvalue weighted by Gasteiger charge is -2.09. The summed E-state index contributed by atoms with van der Waals surface area (Å²) in [7, 11) is 0. The predicted octanol–water partition coefficient (Wildman–Crippen LogP) is 2.23. The molecule has 0 heterocycles. The average molecular weight is 205 g/mol. The lowest BCUT2D eigenvalue weighted by molar-refractivity contribution is 0.254. The van der Waals surface area contributed by atoms with Crippen molar-refractivity contribution in [2.45, 2.75) is 13.8 Å². The number of hydrogen-bond donors (Lipinski definition) is 3. The van der Waals surface area contributed by atoms with Crippen molar-refractivity contribution in [3.8, 4) is 0 Å². The van der Waals surface area contributed by atoms with E-state index in [2.05, 4.69) is 17.2 Å². The van der Waals surface area contributed by atoms with Gasteiger partial charge in [0.1, 0.15) is 0 Å². The summed E-state index contributed by atoms with van der Waals surface area (Å²) >= 11 is 0. The van der Waals surface area contributed by atoms with Crippen molar-refractivity contribution in [2.24, 2.45) is 0 Å². The van der Waals surface area contributed by atoms with E-state index in [0.29, 0.717) is 17.1 Å². The van der Waals surface area contributed by atoms with Crippen LogP contribution in [-0.4, -0.2) is 6.03 Å². The molecule has 1 aromatic carbocycles. The van der Waals surface area contributed by atoms with Crippen molar-refractivity contribution in [1.29, 1.82) is 0 Å². The van der Waals surface area contributed by atoms with Crippen LogP contribution in [0, 0.1) is 6.92 Å². The first-order chi connectivity index (χ1) is 6.99. The Morgan fingerprint density at radius 3 is 2.73 bits per heavy atom. The van der Waals surface area contributed by atoms with Crippen molar-refractivity contribution in [3.63, 3.8) is 0 Å². The van der Waals surface area contributed by atoms with Gasteiger partial charge in [0.05, 0.1) is 11.4 Å². The molecule has 0 fully saturated rings. The van der Waals surface area contributed by atoms with Crippen LogP contribution in [-0.2, 0) is 0 Å². The molecule has 2 amide bonds. The minimum atomic E-state index is -0.334. The van der Waals surface area contributed by atoms with E-state index in [-0.39, 0.29) is 6.03 Å². The minimum absolute atomic E-state index is 0.334. The van der Waals surface area contributed by atoms with Gasteiger partial charge in [-0.3, -0.25) is 0 Å². The van der Waals surface area contributed by atoms with Crippen molar-refractivity contribution in [3.05, 3.63) is 36.0 Å². The molecule has 0 bridgehead atoms. The Kier molecular flexibility index (Phi) is 3.33. The van der Waals surface area contributed by atoms with E-state index in [9.17, 15) is 4.79 Å². The number of anilines is 2. The predicted molar refractivity (Wildman–Crippen MR) is 62.6 cm³/mol. The number of aryl methyl sites for hydroxylation is 1. The third kappa shape index (κ3) is 3.34. The molecule has 0 spiro atoms. The number of allylic oxidation sites excluding steroid dienone is 1. The molecule has 0 unspecified atom stereocenters. The Morgan fingerprint density at radius 2 is 2.13 bits per heavy atom. The number of benzene rings is 1. The van der Waals surface area contributed by atoms with Crippen LogP contribution in [0.3, 0.4) is 0 Å². The van der Waals surface area contributed by atoms with Gasteiger partial charge in [-0.05, 0) is 31.5 Å². The second-order valence-corrected chi connectivity index (χ2v) is 3.45. The third-order valence-corrected chi connectivity index (χ3v) is 1.78. The number of nitrogens with two attached hydrogens (primary N) is 1. The molecule has 0 saturated carbocycles. The van der Waals surface area contributed by atoms with Crippen molar-refractivity contribution >= 4 is 17.4 Å². The van der Waals surface area contributed by atoms with E-state index in [1.807, 2.05) is 19.1 Å². The quantitative estimate of drug-likeness (QED) is 0.648. The van der Waals surface area contributed by atoms with Crippen molar-refractivity contribution in [1.82, 2.24) is 5.32 Å². The summed E-state index contributed by atoms with van der Waals surface area (Å²) < 4.78 is 0. The summed E-state index contributed by atoms with van der Waals surface area (Å²) in [6, 6.07) is 5.12.